The summed E-state index contributed by atoms with van der Waals surface area (Å²) in [5.74, 6) is -0.0562. The number of halogens is 1. The quantitative estimate of drug-likeness (QED) is 0.943. The zero-order valence-corrected chi connectivity index (χ0v) is 12.7. The molecule has 0 saturated heterocycles. The number of amides is 1. The molecule has 1 amide bonds. The number of carbonyl (C=O) groups is 1. The number of pyridine rings is 1. The molecule has 110 valence electrons. The summed E-state index contributed by atoms with van der Waals surface area (Å²) >= 11 is 0. The fourth-order valence-electron chi connectivity index (χ4n) is 2.70. The molecule has 0 radical (unpaired) electrons. The van der Waals surface area contributed by atoms with E-state index in [1.54, 1.807) is 24.5 Å². The van der Waals surface area contributed by atoms with Gasteiger partial charge in [-0.1, -0.05) is 18.2 Å². The third-order valence-corrected chi connectivity index (χ3v) is 3.79. The molecule has 3 rings (SSSR count). The Morgan fingerprint density at radius 1 is 1.19 bits per heavy atom. The summed E-state index contributed by atoms with van der Waals surface area (Å²) in [6.07, 6.45) is 7.82. The summed E-state index contributed by atoms with van der Waals surface area (Å²) in [7, 11) is 0. The minimum atomic E-state index is -0.0562. The van der Waals surface area contributed by atoms with E-state index >= 15 is 0 Å². The number of nitrogens with zero attached hydrogens (tertiary/aromatic N) is 1. The van der Waals surface area contributed by atoms with Gasteiger partial charge in [0.2, 0.25) is 0 Å². The summed E-state index contributed by atoms with van der Waals surface area (Å²) in [4.78, 5) is 15.8. The van der Waals surface area contributed by atoms with Crippen molar-refractivity contribution in [1.29, 1.82) is 0 Å². The third-order valence-electron chi connectivity index (χ3n) is 3.79. The smallest absolute Gasteiger partial charge is 0.252 e. The van der Waals surface area contributed by atoms with E-state index in [0.717, 1.165) is 6.42 Å². The van der Waals surface area contributed by atoms with Crippen molar-refractivity contribution in [2.24, 2.45) is 0 Å². The number of hydrogen-bond donors (Lipinski definition) is 1. The molecule has 4 heteroatoms. The Morgan fingerprint density at radius 3 is 2.86 bits per heavy atom. The predicted octanol–water partition coefficient (Wildman–Crippen LogP) is 2.96. The molecule has 0 fully saturated rings. The van der Waals surface area contributed by atoms with E-state index < -0.39 is 0 Å². The fraction of sp³-hybridized carbons (Fsp3) is 0.294. The van der Waals surface area contributed by atoms with E-state index in [0.29, 0.717) is 12.1 Å². The zero-order valence-electron chi connectivity index (χ0n) is 11.8. The lowest BCUT2D eigenvalue weighted by Crippen LogP contribution is -2.25. The van der Waals surface area contributed by atoms with Crippen LogP contribution in [-0.4, -0.2) is 17.4 Å². The van der Waals surface area contributed by atoms with Crippen LogP contribution < -0.4 is 5.32 Å². The molecule has 1 heterocycles. The highest BCUT2D eigenvalue weighted by Crippen LogP contribution is 2.22. The Labute approximate surface area is 131 Å². The largest absolute Gasteiger partial charge is 0.352 e. The Hall–Kier alpha value is -1.87. The van der Waals surface area contributed by atoms with E-state index in [-0.39, 0.29) is 18.3 Å². The molecule has 2 aromatic rings. The van der Waals surface area contributed by atoms with Crippen LogP contribution in [0.5, 0.6) is 0 Å². The predicted molar refractivity (Wildman–Crippen MR) is 86.0 cm³/mol. The van der Waals surface area contributed by atoms with Crippen LogP contribution in [0.2, 0.25) is 0 Å². The molecule has 0 saturated carbocycles. The minimum absolute atomic E-state index is 0. The average Bonchev–Trinajstić information content (AvgIpc) is 2.95. The number of rotatable bonds is 4. The van der Waals surface area contributed by atoms with Gasteiger partial charge in [0, 0.05) is 18.9 Å². The third kappa shape index (κ3) is 3.82. The molecule has 1 aromatic carbocycles. The molecule has 0 atom stereocenters. The van der Waals surface area contributed by atoms with E-state index in [4.69, 9.17) is 0 Å². The number of aromatic nitrogens is 1. The number of hydrogen-bond acceptors (Lipinski definition) is 2. The molecule has 1 aromatic heterocycles. The van der Waals surface area contributed by atoms with Gasteiger partial charge in [-0.05, 0) is 54.5 Å². The van der Waals surface area contributed by atoms with Crippen molar-refractivity contribution in [3.63, 3.8) is 0 Å². The van der Waals surface area contributed by atoms with Gasteiger partial charge in [-0.25, -0.2) is 0 Å². The first-order valence-corrected chi connectivity index (χ1v) is 7.12. The van der Waals surface area contributed by atoms with Crippen LogP contribution in [0.25, 0.3) is 0 Å². The van der Waals surface area contributed by atoms with Gasteiger partial charge < -0.3 is 5.32 Å². The molecule has 21 heavy (non-hydrogen) atoms. The van der Waals surface area contributed by atoms with E-state index in [9.17, 15) is 4.79 Å². The zero-order chi connectivity index (χ0) is 13.8. The number of aryl methyl sites for hydroxylation is 2. The van der Waals surface area contributed by atoms with Crippen molar-refractivity contribution in [1.82, 2.24) is 10.3 Å². The van der Waals surface area contributed by atoms with Gasteiger partial charge in [0.15, 0.2) is 0 Å². The molecular weight excluding hydrogens is 284 g/mol. The maximum absolute atomic E-state index is 11.9. The molecule has 1 N–H and O–H groups in total. The molecule has 0 spiro atoms. The second-order valence-corrected chi connectivity index (χ2v) is 5.20. The summed E-state index contributed by atoms with van der Waals surface area (Å²) in [6.45, 7) is 0.659. The molecule has 1 aliphatic carbocycles. The van der Waals surface area contributed by atoms with E-state index in [1.807, 2.05) is 0 Å². The van der Waals surface area contributed by atoms with Crippen molar-refractivity contribution in [3.05, 3.63) is 65.0 Å². The highest BCUT2D eigenvalue weighted by Gasteiger charge is 2.10. The monoisotopic (exact) mass is 302 g/mol. The van der Waals surface area contributed by atoms with Gasteiger partial charge in [-0.2, -0.15) is 0 Å². The van der Waals surface area contributed by atoms with Gasteiger partial charge in [0.25, 0.3) is 5.91 Å². The number of carbonyl (C=O) groups excluding carboxylic acids is 1. The van der Waals surface area contributed by atoms with E-state index in [2.05, 4.69) is 28.5 Å². The second-order valence-electron chi connectivity index (χ2n) is 5.20. The highest BCUT2D eigenvalue weighted by atomic mass is 35.5. The first-order valence-electron chi connectivity index (χ1n) is 7.12. The summed E-state index contributed by atoms with van der Waals surface area (Å²) in [5.41, 5.74) is 4.90. The summed E-state index contributed by atoms with van der Waals surface area (Å²) in [6, 6.07) is 10.3. The molecule has 1 aliphatic rings. The standard InChI is InChI=1S/C17H18N2O.ClH/c20-17(16-5-2-9-18-12-16)19-10-8-13-6-7-14-3-1-4-15(14)11-13;/h2,5-7,9,11-12H,1,3-4,8,10H2,(H,19,20);1H. The molecular formula is C17H19ClN2O. The molecule has 3 nitrogen and oxygen atoms in total. The van der Waals surface area contributed by atoms with Crippen LogP contribution in [-0.2, 0) is 19.3 Å². The van der Waals surface area contributed by atoms with Crippen molar-refractivity contribution in [2.45, 2.75) is 25.7 Å². The lowest BCUT2D eigenvalue weighted by Gasteiger charge is -2.07. The van der Waals surface area contributed by atoms with Crippen LogP contribution in [0.3, 0.4) is 0 Å². The van der Waals surface area contributed by atoms with Crippen molar-refractivity contribution >= 4 is 18.3 Å². The van der Waals surface area contributed by atoms with Crippen molar-refractivity contribution in [2.75, 3.05) is 6.54 Å². The van der Waals surface area contributed by atoms with Crippen molar-refractivity contribution < 1.29 is 4.79 Å². The SMILES string of the molecule is Cl.O=C(NCCc1ccc2c(c1)CCC2)c1cccnc1. The Morgan fingerprint density at radius 2 is 2.05 bits per heavy atom. The molecule has 0 unspecified atom stereocenters. The summed E-state index contributed by atoms with van der Waals surface area (Å²) in [5, 5.41) is 2.94. The Bertz CT molecular complexity index is 613. The minimum Gasteiger partial charge on any atom is -0.352 e. The molecule has 0 aliphatic heterocycles. The van der Waals surface area contributed by atoms with Crippen molar-refractivity contribution in [3.8, 4) is 0 Å². The lowest BCUT2D eigenvalue weighted by atomic mass is 10.0. The lowest BCUT2D eigenvalue weighted by molar-refractivity contribution is 0.0954. The first kappa shape index (κ1) is 15.5. The Balaban J connectivity index is 0.00000161. The fourth-order valence-corrected chi connectivity index (χ4v) is 2.70. The number of fused-ring (bicyclic) bond motifs is 1. The van der Waals surface area contributed by atoms with Gasteiger partial charge in [0.1, 0.15) is 0 Å². The maximum atomic E-state index is 11.9. The van der Waals surface area contributed by atoms with Crippen LogP contribution in [0, 0.1) is 0 Å². The number of nitrogens with one attached hydrogen (secondary N) is 1. The first-order chi connectivity index (χ1) is 9.83. The second kappa shape index (κ2) is 7.23. The van der Waals surface area contributed by atoms with Gasteiger partial charge >= 0.3 is 0 Å². The Kier molecular flexibility index (Phi) is 5.34. The average molecular weight is 303 g/mol. The summed E-state index contributed by atoms with van der Waals surface area (Å²) < 4.78 is 0. The highest BCUT2D eigenvalue weighted by molar-refractivity contribution is 5.93. The van der Waals surface area contributed by atoms with Crippen LogP contribution in [0.1, 0.15) is 33.5 Å². The van der Waals surface area contributed by atoms with Crippen LogP contribution >= 0.6 is 12.4 Å². The van der Waals surface area contributed by atoms with E-state index in [1.165, 1.54) is 36.0 Å². The number of benzene rings is 1. The van der Waals surface area contributed by atoms with Crippen LogP contribution in [0.15, 0.2) is 42.7 Å². The molecule has 0 bridgehead atoms. The maximum Gasteiger partial charge on any atom is 0.252 e. The van der Waals surface area contributed by atoms with Gasteiger partial charge in [-0.3, -0.25) is 9.78 Å². The normalized spacial score (nSPS) is 12.4. The topological polar surface area (TPSA) is 42.0 Å². The van der Waals surface area contributed by atoms with Gasteiger partial charge in [0.05, 0.1) is 5.56 Å². The van der Waals surface area contributed by atoms with Crippen LogP contribution in [0.4, 0.5) is 0 Å². The van der Waals surface area contributed by atoms with Gasteiger partial charge in [-0.15, -0.1) is 12.4 Å².